The average molecular weight is 237 g/mol. The molecular weight excluding hydrogens is 214 g/mol. The van der Waals surface area contributed by atoms with E-state index in [0.29, 0.717) is 6.04 Å². The maximum Gasteiger partial charge on any atom is 0.133 e. The topological polar surface area (TPSA) is 46.0 Å². The molecule has 0 amide bonds. The van der Waals surface area contributed by atoms with Crippen molar-refractivity contribution >= 4 is 0 Å². The van der Waals surface area contributed by atoms with E-state index < -0.39 is 0 Å². The predicted octanol–water partition coefficient (Wildman–Crippen LogP) is 0.431. The quantitative estimate of drug-likeness (QED) is 0.755. The maximum absolute atomic E-state index is 4.08. The van der Waals surface area contributed by atoms with Crippen molar-refractivity contribution < 1.29 is 0 Å². The first kappa shape index (κ1) is 12.5. The molecule has 1 aliphatic heterocycles. The fourth-order valence-electron chi connectivity index (χ4n) is 2.40. The summed E-state index contributed by atoms with van der Waals surface area (Å²) < 4.78 is 1.98. The van der Waals surface area contributed by atoms with Gasteiger partial charge in [-0.05, 0) is 26.4 Å². The highest BCUT2D eigenvalue weighted by molar-refractivity contribution is 4.85. The van der Waals surface area contributed by atoms with E-state index in [4.69, 9.17) is 0 Å². The molecule has 2 heterocycles. The summed E-state index contributed by atoms with van der Waals surface area (Å²) >= 11 is 0. The van der Waals surface area contributed by atoms with Crippen molar-refractivity contribution in [1.82, 2.24) is 25.0 Å². The molecule has 0 spiro atoms. The summed E-state index contributed by atoms with van der Waals surface area (Å²) in [6, 6.07) is 0.711. The van der Waals surface area contributed by atoms with Gasteiger partial charge in [-0.15, -0.1) is 10.2 Å². The molecule has 17 heavy (non-hydrogen) atoms. The Morgan fingerprint density at radius 3 is 3.00 bits per heavy atom. The molecule has 1 saturated heterocycles. The van der Waals surface area contributed by atoms with Gasteiger partial charge >= 0.3 is 0 Å². The van der Waals surface area contributed by atoms with E-state index in [2.05, 4.69) is 27.5 Å². The van der Waals surface area contributed by atoms with Crippen molar-refractivity contribution in [1.29, 1.82) is 0 Å². The Morgan fingerprint density at radius 2 is 2.29 bits per heavy atom. The fraction of sp³-hybridized carbons (Fsp3) is 0.833. The monoisotopic (exact) mass is 237 g/mol. The van der Waals surface area contributed by atoms with Gasteiger partial charge in [0.25, 0.3) is 0 Å². The zero-order valence-corrected chi connectivity index (χ0v) is 10.9. The first-order valence-electron chi connectivity index (χ1n) is 6.51. The number of hydrogen-bond acceptors (Lipinski definition) is 4. The molecule has 0 bridgehead atoms. The number of likely N-dealkylation sites (tertiary alicyclic amines) is 1. The Kier molecular flexibility index (Phi) is 4.50. The SMILES string of the molecule is CN1CCCCC1CNCCc1nncn1C. The molecule has 1 fully saturated rings. The number of aryl methyl sites for hydroxylation is 1. The molecule has 5 heteroatoms. The Balaban J connectivity index is 1.64. The smallest absolute Gasteiger partial charge is 0.133 e. The van der Waals surface area contributed by atoms with Crippen molar-refractivity contribution in [2.24, 2.45) is 7.05 Å². The molecular formula is C12H23N5. The molecule has 0 saturated carbocycles. The summed E-state index contributed by atoms with van der Waals surface area (Å²) in [6.07, 6.45) is 6.76. The molecule has 0 radical (unpaired) electrons. The standard InChI is InChI=1S/C12H23N5/c1-16-8-4-3-5-11(16)9-13-7-6-12-15-14-10-17(12)2/h10-11,13H,3-9H2,1-2H3. The number of likely N-dealkylation sites (N-methyl/N-ethyl adjacent to an activating group) is 1. The predicted molar refractivity (Wildman–Crippen MR) is 67.8 cm³/mol. The highest BCUT2D eigenvalue weighted by atomic mass is 15.2. The van der Waals surface area contributed by atoms with Gasteiger partial charge in [-0.25, -0.2) is 0 Å². The summed E-state index contributed by atoms with van der Waals surface area (Å²) in [5, 5.41) is 11.5. The van der Waals surface area contributed by atoms with Crippen LogP contribution in [0.15, 0.2) is 6.33 Å². The summed E-state index contributed by atoms with van der Waals surface area (Å²) in [5.41, 5.74) is 0. The van der Waals surface area contributed by atoms with Crippen molar-refractivity contribution in [2.45, 2.75) is 31.7 Å². The lowest BCUT2D eigenvalue weighted by Crippen LogP contribution is -2.43. The Morgan fingerprint density at radius 1 is 1.41 bits per heavy atom. The molecule has 1 aromatic heterocycles. The normalized spacial score (nSPS) is 21.9. The van der Waals surface area contributed by atoms with Gasteiger partial charge in [-0.1, -0.05) is 6.42 Å². The van der Waals surface area contributed by atoms with Crippen LogP contribution in [0.3, 0.4) is 0 Å². The summed E-state index contributed by atoms with van der Waals surface area (Å²) in [4.78, 5) is 2.47. The largest absolute Gasteiger partial charge is 0.321 e. The van der Waals surface area contributed by atoms with Crippen LogP contribution in [0.5, 0.6) is 0 Å². The Bertz CT molecular complexity index is 335. The minimum Gasteiger partial charge on any atom is -0.321 e. The van der Waals surface area contributed by atoms with Crippen LogP contribution in [-0.2, 0) is 13.5 Å². The highest BCUT2D eigenvalue weighted by Gasteiger charge is 2.17. The molecule has 0 aromatic carbocycles. The first-order valence-corrected chi connectivity index (χ1v) is 6.51. The molecule has 2 rings (SSSR count). The van der Waals surface area contributed by atoms with Crippen molar-refractivity contribution in [3.05, 3.63) is 12.2 Å². The third-order valence-corrected chi connectivity index (χ3v) is 3.63. The van der Waals surface area contributed by atoms with E-state index in [1.54, 1.807) is 6.33 Å². The second-order valence-electron chi connectivity index (χ2n) is 4.94. The lowest BCUT2D eigenvalue weighted by Gasteiger charge is -2.32. The van der Waals surface area contributed by atoms with Gasteiger partial charge in [0.05, 0.1) is 0 Å². The summed E-state index contributed by atoms with van der Waals surface area (Å²) in [7, 11) is 4.22. The second kappa shape index (κ2) is 6.12. The van der Waals surface area contributed by atoms with Gasteiger partial charge in [0.15, 0.2) is 0 Å². The molecule has 1 atom stereocenters. The van der Waals surface area contributed by atoms with Crippen LogP contribution in [-0.4, -0.2) is 52.4 Å². The maximum atomic E-state index is 4.08. The van der Waals surface area contributed by atoms with Gasteiger partial charge < -0.3 is 14.8 Å². The van der Waals surface area contributed by atoms with Crippen LogP contribution in [0.25, 0.3) is 0 Å². The number of nitrogens with one attached hydrogen (secondary N) is 1. The van der Waals surface area contributed by atoms with Crippen molar-refractivity contribution in [2.75, 3.05) is 26.7 Å². The van der Waals surface area contributed by atoms with Crippen LogP contribution in [0.2, 0.25) is 0 Å². The molecule has 1 N–H and O–H groups in total. The van der Waals surface area contributed by atoms with Gasteiger partial charge in [0, 0.05) is 32.6 Å². The van der Waals surface area contributed by atoms with Gasteiger partial charge in [0.1, 0.15) is 12.2 Å². The van der Waals surface area contributed by atoms with Crippen LogP contribution in [0.4, 0.5) is 0 Å². The third kappa shape index (κ3) is 3.51. The van der Waals surface area contributed by atoms with Crippen LogP contribution < -0.4 is 5.32 Å². The summed E-state index contributed by atoms with van der Waals surface area (Å²) in [5.74, 6) is 1.05. The minimum atomic E-state index is 0.711. The minimum absolute atomic E-state index is 0.711. The summed E-state index contributed by atoms with van der Waals surface area (Å²) in [6.45, 7) is 3.32. The zero-order chi connectivity index (χ0) is 12.1. The lowest BCUT2D eigenvalue weighted by atomic mass is 10.0. The van der Waals surface area contributed by atoms with Gasteiger partial charge in [-0.3, -0.25) is 0 Å². The number of hydrogen-bond donors (Lipinski definition) is 1. The van der Waals surface area contributed by atoms with E-state index in [9.17, 15) is 0 Å². The number of nitrogens with zero attached hydrogens (tertiary/aromatic N) is 4. The van der Waals surface area contributed by atoms with Crippen molar-refractivity contribution in [3.8, 4) is 0 Å². The molecule has 5 nitrogen and oxygen atoms in total. The Hall–Kier alpha value is -0.940. The van der Waals surface area contributed by atoms with E-state index in [0.717, 1.165) is 25.3 Å². The molecule has 0 aliphatic carbocycles. The average Bonchev–Trinajstić information content (AvgIpc) is 2.73. The van der Waals surface area contributed by atoms with Gasteiger partial charge in [-0.2, -0.15) is 0 Å². The fourth-order valence-corrected chi connectivity index (χ4v) is 2.40. The first-order chi connectivity index (χ1) is 8.27. The van der Waals surface area contributed by atoms with E-state index in [1.807, 2.05) is 11.6 Å². The molecule has 1 aliphatic rings. The second-order valence-corrected chi connectivity index (χ2v) is 4.94. The molecule has 1 aromatic rings. The number of aromatic nitrogens is 3. The van der Waals surface area contributed by atoms with Crippen LogP contribution in [0.1, 0.15) is 25.1 Å². The lowest BCUT2D eigenvalue weighted by molar-refractivity contribution is 0.182. The molecule has 1 unspecified atom stereocenters. The van der Waals surface area contributed by atoms with Gasteiger partial charge in [0.2, 0.25) is 0 Å². The highest BCUT2D eigenvalue weighted by Crippen LogP contribution is 2.13. The van der Waals surface area contributed by atoms with E-state index >= 15 is 0 Å². The number of rotatable bonds is 5. The number of piperidine rings is 1. The van der Waals surface area contributed by atoms with E-state index in [-0.39, 0.29) is 0 Å². The van der Waals surface area contributed by atoms with Crippen molar-refractivity contribution in [3.63, 3.8) is 0 Å². The third-order valence-electron chi connectivity index (χ3n) is 3.63. The zero-order valence-electron chi connectivity index (χ0n) is 10.9. The van der Waals surface area contributed by atoms with E-state index in [1.165, 1.54) is 25.8 Å². The van der Waals surface area contributed by atoms with Crippen LogP contribution in [0, 0.1) is 0 Å². The molecule has 96 valence electrons. The van der Waals surface area contributed by atoms with Crippen LogP contribution >= 0.6 is 0 Å². The Labute approximate surface area is 103 Å².